The molecule has 3 saturated heterocycles. The quantitative estimate of drug-likeness (QED) is 0.0731. The van der Waals surface area contributed by atoms with E-state index in [-0.39, 0.29) is 50.5 Å². The number of esters is 5. The number of rotatable bonds is 9. The summed E-state index contributed by atoms with van der Waals surface area (Å²) in [6, 6.07) is 0. The van der Waals surface area contributed by atoms with E-state index in [1.165, 1.54) is 45.3 Å². The number of aliphatic hydroxyl groups is 5. The van der Waals surface area contributed by atoms with E-state index < -0.39 is 120 Å². The molecule has 5 N–H and O–H groups in total. The minimum Gasteiger partial charge on any atom is -0.466 e. The molecule has 0 aliphatic carbocycles. The van der Waals surface area contributed by atoms with E-state index in [0.717, 1.165) is 19.3 Å². The van der Waals surface area contributed by atoms with Gasteiger partial charge < -0.3 is 63.4 Å². The summed E-state index contributed by atoms with van der Waals surface area (Å²) in [4.78, 5) is 64.7. The Morgan fingerprint density at radius 2 is 1.54 bits per heavy atom. The van der Waals surface area contributed by atoms with Gasteiger partial charge >= 0.3 is 29.8 Å². The molecule has 0 aromatic heterocycles. The molecule has 0 spiro atoms. The van der Waals surface area contributed by atoms with Gasteiger partial charge in [-0.3, -0.25) is 9.59 Å². The second-order valence-corrected chi connectivity index (χ2v) is 18.4. The number of aliphatic hydroxyl groups excluding tert-OH is 3. The number of fused-ring (bicyclic) bond motifs is 6. The molecule has 65 heavy (non-hydrogen) atoms. The summed E-state index contributed by atoms with van der Waals surface area (Å²) in [6.45, 7) is 10.9. The summed E-state index contributed by atoms with van der Waals surface area (Å²) in [5.74, 6) is -8.52. The van der Waals surface area contributed by atoms with Crippen LogP contribution in [0.5, 0.6) is 0 Å². The summed E-state index contributed by atoms with van der Waals surface area (Å²) < 4.78 is 46.6. The van der Waals surface area contributed by atoms with Crippen molar-refractivity contribution < 1.29 is 87.4 Å². The third-order valence-electron chi connectivity index (χ3n) is 12.5. The number of carbonyl (C=O) groups excluding carboxylic acids is 5. The molecule has 4 aliphatic heterocycles. The normalized spacial score (nSPS) is 35.9. The predicted octanol–water partition coefficient (Wildman–Crippen LogP) is 3.25. The lowest BCUT2D eigenvalue weighted by Gasteiger charge is -2.53. The lowest BCUT2D eigenvalue weighted by atomic mass is 9.70. The van der Waals surface area contributed by atoms with Gasteiger partial charge in [0.25, 0.3) is 0 Å². The zero-order valence-electron chi connectivity index (χ0n) is 38.8. The second-order valence-electron chi connectivity index (χ2n) is 18.4. The van der Waals surface area contributed by atoms with Crippen molar-refractivity contribution in [2.75, 3.05) is 14.2 Å². The Balaban J connectivity index is 1.89. The van der Waals surface area contributed by atoms with Gasteiger partial charge in [0.15, 0.2) is 11.9 Å². The van der Waals surface area contributed by atoms with Gasteiger partial charge in [-0.1, -0.05) is 70.6 Å². The van der Waals surface area contributed by atoms with Crippen LogP contribution < -0.4 is 0 Å². The molecule has 12 atom stereocenters. The van der Waals surface area contributed by atoms with Crippen molar-refractivity contribution in [3.8, 4) is 0 Å². The van der Waals surface area contributed by atoms with E-state index in [2.05, 4.69) is 0 Å². The van der Waals surface area contributed by atoms with Gasteiger partial charge in [0.05, 0.1) is 68.8 Å². The highest BCUT2D eigenvalue weighted by atomic mass is 16.7. The lowest BCUT2D eigenvalue weighted by molar-refractivity contribution is -0.348. The van der Waals surface area contributed by atoms with Gasteiger partial charge in [-0.05, 0) is 38.2 Å². The largest absolute Gasteiger partial charge is 0.466 e. The summed E-state index contributed by atoms with van der Waals surface area (Å²) >= 11 is 0. The van der Waals surface area contributed by atoms with Gasteiger partial charge in [0.1, 0.15) is 12.2 Å². The smallest absolute Gasteiger partial charge is 0.331 e. The van der Waals surface area contributed by atoms with E-state index in [1.807, 2.05) is 0 Å². The van der Waals surface area contributed by atoms with Crippen molar-refractivity contribution >= 4 is 29.8 Å². The highest BCUT2D eigenvalue weighted by molar-refractivity contribution is 5.85. The first kappa shape index (κ1) is 53.3. The van der Waals surface area contributed by atoms with Crippen LogP contribution in [0.15, 0.2) is 59.8 Å². The van der Waals surface area contributed by atoms with E-state index in [1.54, 1.807) is 46.8 Å². The van der Waals surface area contributed by atoms with Crippen molar-refractivity contribution in [3.05, 3.63) is 59.8 Å². The second kappa shape index (κ2) is 22.5. The molecule has 0 aromatic carbocycles. The average molecular weight is 921 g/mol. The summed E-state index contributed by atoms with van der Waals surface area (Å²) in [5, 5.41) is 57.4. The van der Waals surface area contributed by atoms with Crippen LogP contribution in [-0.2, 0) is 61.9 Å². The van der Waals surface area contributed by atoms with Gasteiger partial charge in [-0.25, -0.2) is 14.4 Å². The fraction of sp³-hybridized carbons (Fsp3) is 0.681. The maximum atomic E-state index is 13.4. The Bertz CT molecular complexity index is 1860. The summed E-state index contributed by atoms with van der Waals surface area (Å²) in [6.07, 6.45) is -0.770. The van der Waals surface area contributed by atoms with E-state index in [0.29, 0.717) is 12.0 Å². The molecule has 4 rings (SSSR count). The van der Waals surface area contributed by atoms with Gasteiger partial charge in [-0.15, -0.1) is 0 Å². The number of ether oxygens (including phenoxy) is 8. The highest BCUT2D eigenvalue weighted by Crippen LogP contribution is 2.50. The van der Waals surface area contributed by atoms with Crippen LogP contribution in [0.25, 0.3) is 0 Å². The minimum absolute atomic E-state index is 0.0623. The van der Waals surface area contributed by atoms with Crippen molar-refractivity contribution in [3.63, 3.8) is 0 Å². The van der Waals surface area contributed by atoms with Crippen molar-refractivity contribution in [1.29, 1.82) is 0 Å². The first-order valence-corrected chi connectivity index (χ1v) is 22.0. The first-order chi connectivity index (χ1) is 30.3. The molecule has 364 valence electrons. The van der Waals surface area contributed by atoms with Crippen molar-refractivity contribution in [2.45, 2.75) is 179 Å². The van der Waals surface area contributed by atoms with E-state index >= 15 is 0 Å². The average Bonchev–Trinajstić information content (AvgIpc) is 3.20. The van der Waals surface area contributed by atoms with Gasteiger partial charge in [-0.2, -0.15) is 0 Å². The molecule has 0 amide bonds. The molecular formula is C47H68O18. The Morgan fingerprint density at radius 3 is 2.17 bits per heavy atom. The Hall–Kier alpha value is -4.27. The van der Waals surface area contributed by atoms with Gasteiger partial charge in [0, 0.05) is 56.3 Å². The summed E-state index contributed by atoms with van der Waals surface area (Å²) in [5.41, 5.74) is -2.16. The fourth-order valence-corrected chi connectivity index (χ4v) is 8.56. The van der Waals surface area contributed by atoms with Crippen molar-refractivity contribution in [2.24, 2.45) is 10.8 Å². The van der Waals surface area contributed by atoms with Crippen LogP contribution in [0.4, 0.5) is 0 Å². The first-order valence-electron chi connectivity index (χ1n) is 22.0. The minimum atomic E-state index is -2.51. The fourth-order valence-electron chi connectivity index (χ4n) is 8.56. The van der Waals surface area contributed by atoms with E-state index in [4.69, 9.17) is 37.9 Å². The molecule has 0 aromatic rings. The number of hydrogen-bond acceptors (Lipinski definition) is 18. The number of carbonyl (C=O) groups is 5. The molecule has 0 radical (unpaired) electrons. The molecule has 4 heterocycles. The third kappa shape index (κ3) is 13.9. The molecular weight excluding hydrogens is 852 g/mol. The maximum Gasteiger partial charge on any atom is 0.331 e. The van der Waals surface area contributed by atoms with Crippen molar-refractivity contribution in [1.82, 2.24) is 0 Å². The topological polar surface area (TPSA) is 260 Å². The zero-order chi connectivity index (χ0) is 48.5. The molecule has 3 fully saturated rings. The predicted molar refractivity (Wildman–Crippen MR) is 230 cm³/mol. The number of allylic oxidation sites excluding steroid dienone is 2. The van der Waals surface area contributed by atoms with Crippen LogP contribution >= 0.6 is 0 Å². The number of methoxy groups -OCH3 is 2. The summed E-state index contributed by atoms with van der Waals surface area (Å²) in [7, 11) is 2.38. The van der Waals surface area contributed by atoms with Crippen LogP contribution in [-0.4, -0.2) is 142 Å². The van der Waals surface area contributed by atoms with Crippen LogP contribution in [0.1, 0.15) is 106 Å². The Morgan fingerprint density at radius 1 is 0.862 bits per heavy atom. The molecule has 0 saturated carbocycles. The monoisotopic (exact) mass is 920 g/mol. The number of cyclic esters (lactones) is 1. The number of hydrogen-bond donors (Lipinski definition) is 5. The standard InChI is InChI=1S/C47H68O18/c1-10-31(50)13-11-12-14-39(52)63-43-30(21-41(54)59-9)20-34-24-37(27(2)48)62-42(55)23-32(51)22-35-25-38(60-28(3)49)45(6,7)46(56,64-35)26-36-18-29(19-40(53)58-8)17-33(61-36)15-16-44(4,5)47(43,57)65-34/h11-16,19,21,27,31-38,43,48,50-51,56-57H,10,17-18,20,22-26H2,1-9H3/b13-11+,14-12+,16-15+,29-19+,30-21+/t27-,31?,32-,33+,34+,35-,36+,37?,38+,43+,46+,47-/m1/s1. The molecule has 18 nitrogen and oxygen atoms in total. The molecule has 2 unspecified atom stereocenters. The SMILES string of the molecule is CCC(O)/C=C/C=C/C(=O)O[C@H]1/C(=C/C(=O)OC)C[C@H]2CC([C@@H](C)O)OC(=O)C[C@H](O)C[C@@H]3C[C@H](OC(C)=O)C(C)(C)[C@](O)(C[C@@H]4C/C(=C/C(=O)OC)C[C@H](/C=C/C(C)(C)[C@]1(O)O2)O4)O3. The maximum absolute atomic E-state index is 13.4. The lowest BCUT2D eigenvalue weighted by Crippen LogP contribution is -2.62. The van der Waals surface area contributed by atoms with Crippen LogP contribution in [0.2, 0.25) is 0 Å². The Kier molecular flexibility index (Phi) is 18.5. The van der Waals surface area contributed by atoms with Crippen LogP contribution in [0.3, 0.4) is 0 Å². The van der Waals surface area contributed by atoms with Crippen LogP contribution in [0, 0.1) is 10.8 Å². The van der Waals surface area contributed by atoms with E-state index in [9.17, 15) is 49.5 Å². The Labute approximate surface area is 380 Å². The molecule has 18 heteroatoms. The third-order valence-corrected chi connectivity index (χ3v) is 12.5. The highest BCUT2D eigenvalue weighted by Gasteiger charge is 2.59. The zero-order valence-corrected chi connectivity index (χ0v) is 38.8. The molecule has 4 aliphatic rings. The van der Waals surface area contributed by atoms with Gasteiger partial charge in [0.2, 0.25) is 5.79 Å². The molecule has 6 bridgehead atoms.